The molecule has 1 aromatic rings. The Labute approximate surface area is 99.2 Å². The quantitative estimate of drug-likeness (QED) is 0.787. The van der Waals surface area contributed by atoms with Crippen LogP contribution >= 0.6 is 11.3 Å². The molecule has 1 aromatic heterocycles. The van der Waals surface area contributed by atoms with Crippen molar-refractivity contribution in [2.75, 3.05) is 19.8 Å². The van der Waals surface area contributed by atoms with Gasteiger partial charge in [0.05, 0.1) is 6.54 Å². The second kappa shape index (κ2) is 5.98. The largest absolute Gasteiger partial charge is 0.383 e. The number of carbonyl (C=O) groups is 1. The molecule has 90 valence electrons. The highest BCUT2D eigenvalue weighted by molar-refractivity contribution is 7.10. The number of nitrogens with one attached hydrogen (secondary N) is 1. The van der Waals surface area contributed by atoms with Crippen LogP contribution in [0.1, 0.15) is 18.7 Å². The first-order valence-corrected chi connectivity index (χ1v) is 6.05. The van der Waals surface area contributed by atoms with E-state index in [1.807, 2.05) is 24.4 Å². The number of amides is 1. The van der Waals surface area contributed by atoms with E-state index in [1.54, 1.807) is 6.92 Å². The number of aliphatic hydroxyl groups is 1. The van der Waals surface area contributed by atoms with Crippen molar-refractivity contribution in [3.05, 3.63) is 22.4 Å². The van der Waals surface area contributed by atoms with Crippen LogP contribution in [0.25, 0.3) is 0 Å². The molecule has 0 aliphatic rings. The Kier molecular flexibility index (Phi) is 4.92. The summed E-state index contributed by atoms with van der Waals surface area (Å²) in [6.45, 7) is 4.25. The second-order valence-electron chi connectivity index (χ2n) is 3.67. The molecule has 0 radical (unpaired) electrons. The van der Waals surface area contributed by atoms with Crippen molar-refractivity contribution in [3.8, 4) is 0 Å². The van der Waals surface area contributed by atoms with Crippen molar-refractivity contribution < 1.29 is 14.6 Å². The minimum absolute atomic E-state index is 0.0387. The van der Waals surface area contributed by atoms with Crippen molar-refractivity contribution in [2.24, 2.45) is 0 Å². The Hall–Kier alpha value is -0.910. The van der Waals surface area contributed by atoms with E-state index in [0.29, 0.717) is 6.61 Å². The van der Waals surface area contributed by atoms with Crippen LogP contribution in [0.15, 0.2) is 17.5 Å². The van der Waals surface area contributed by atoms with Gasteiger partial charge in [-0.3, -0.25) is 4.79 Å². The topological polar surface area (TPSA) is 58.6 Å². The summed E-state index contributed by atoms with van der Waals surface area (Å²) in [6.07, 6.45) is 0. The normalized spacial score (nSPS) is 14.4. The SMILES string of the molecule is CCOCC(=O)NCC(C)(O)c1cccs1. The highest BCUT2D eigenvalue weighted by Gasteiger charge is 2.24. The van der Waals surface area contributed by atoms with Gasteiger partial charge in [0, 0.05) is 11.5 Å². The Morgan fingerprint density at radius 2 is 2.44 bits per heavy atom. The van der Waals surface area contributed by atoms with E-state index in [-0.39, 0.29) is 19.1 Å². The molecule has 1 unspecified atom stereocenters. The Morgan fingerprint density at radius 3 is 3.00 bits per heavy atom. The lowest BCUT2D eigenvalue weighted by Crippen LogP contribution is -2.39. The van der Waals surface area contributed by atoms with Gasteiger partial charge in [-0.1, -0.05) is 6.07 Å². The van der Waals surface area contributed by atoms with Crippen molar-refractivity contribution in [1.29, 1.82) is 0 Å². The van der Waals surface area contributed by atoms with Crippen LogP contribution in [0.4, 0.5) is 0 Å². The number of thiophene rings is 1. The monoisotopic (exact) mass is 243 g/mol. The van der Waals surface area contributed by atoms with E-state index in [4.69, 9.17) is 4.74 Å². The predicted octanol–water partition coefficient (Wildman–Crippen LogP) is 1.11. The molecule has 0 bridgehead atoms. The number of ether oxygens (including phenoxy) is 1. The molecule has 1 atom stereocenters. The third kappa shape index (κ3) is 3.92. The van der Waals surface area contributed by atoms with Gasteiger partial charge in [-0.25, -0.2) is 0 Å². The maximum absolute atomic E-state index is 11.3. The average Bonchev–Trinajstić information content (AvgIpc) is 2.77. The summed E-state index contributed by atoms with van der Waals surface area (Å²) in [5.74, 6) is -0.210. The van der Waals surface area contributed by atoms with Gasteiger partial charge in [-0.05, 0) is 25.3 Å². The highest BCUT2D eigenvalue weighted by atomic mass is 32.1. The molecule has 0 saturated carbocycles. The zero-order chi connectivity index (χ0) is 12.0. The minimum atomic E-state index is -1.02. The maximum atomic E-state index is 11.3. The van der Waals surface area contributed by atoms with Crippen molar-refractivity contribution >= 4 is 17.2 Å². The third-order valence-electron chi connectivity index (χ3n) is 2.12. The molecule has 0 aliphatic carbocycles. The van der Waals surface area contributed by atoms with Crippen molar-refractivity contribution in [1.82, 2.24) is 5.32 Å². The van der Waals surface area contributed by atoms with E-state index >= 15 is 0 Å². The summed E-state index contributed by atoms with van der Waals surface area (Å²) >= 11 is 1.47. The van der Waals surface area contributed by atoms with Crippen LogP contribution in [0.3, 0.4) is 0 Å². The molecule has 2 N–H and O–H groups in total. The van der Waals surface area contributed by atoms with Crippen LogP contribution < -0.4 is 5.32 Å². The molecule has 0 spiro atoms. The number of hydrogen-bond donors (Lipinski definition) is 2. The van der Waals surface area contributed by atoms with E-state index in [1.165, 1.54) is 11.3 Å². The molecule has 1 heterocycles. The third-order valence-corrected chi connectivity index (χ3v) is 3.24. The summed E-state index contributed by atoms with van der Waals surface area (Å²) in [4.78, 5) is 12.1. The Bertz CT molecular complexity index is 322. The molecule has 1 rings (SSSR count). The van der Waals surface area contributed by atoms with Gasteiger partial charge < -0.3 is 15.2 Å². The fraction of sp³-hybridized carbons (Fsp3) is 0.545. The van der Waals surface area contributed by atoms with Crippen LogP contribution in [-0.4, -0.2) is 30.8 Å². The number of rotatable bonds is 6. The van der Waals surface area contributed by atoms with Gasteiger partial charge in [-0.2, -0.15) is 0 Å². The smallest absolute Gasteiger partial charge is 0.246 e. The molecule has 16 heavy (non-hydrogen) atoms. The average molecular weight is 243 g/mol. The number of hydrogen-bond acceptors (Lipinski definition) is 4. The summed E-state index contributed by atoms with van der Waals surface area (Å²) in [5.41, 5.74) is -1.02. The molecular weight excluding hydrogens is 226 g/mol. The van der Waals surface area contributed by atoms with Gasteiger partial charge >= 0.3 is 0 Å². The Balaban J connectivity index is 2.39. The zero-order valence-electron chi connectivity index (χ0n) is 9.53. The fourth-order valence-electron chi connectivity index (χ4n) is 1.19. The van der Waals surface area contributed by atoms with E-state index < -0.39 is 5.60 Å². The van der Waals surface area contributed by atoms with E-state index in [0.717, 1.165) is 4.88 Å². The van der Waals surface area contributed by atoms with Crippen LogP contribution in [0.2, 0.25) is 0 Å². The Morgan fingerprint density at radius 1 is 1.69 bits per heavy atom. The first-order chi connectivity index (χ1) is 7.56. The second-order valence-corrected chi connectivity index (χ2v) is 4.61. The predicted molar refractivity (Wildman–Crippen MR) is 63.4 cm³/mol. The molecule has 0 aromatic carbocycles. The van der Waals surface area contributed by atoms with Gasteiger partial charge in [-0.15, -0.1) is 11.3 Å². The molecule has 0 aliphatic heterocycles. The maximum Gasteiger partial charge on any atom is 0.246 e. The lowest BCUT2D eigenvalue weighted by atomic mass is 10.1. The molecular formula is C11H17NO3S. The van der Waals surface area contributed by atoms with Crippen molar-refractivity contribution in [2.45, 2.75) is 19.4 Å². The fourth-order valence-corrected chi connectivity index (χ4v) is 1.98. The van der Waals surface area contributed by atoms with Gasteiger partial charge in [0.25, 0.3) is 0 Å². The molecule has 5 heteroatoms. The summed E-state index contributed by atoms with van der Waals surface area (Å²) in [5, 5.41) is 14.6. The van der Waals surface area contributed by atoms with Crippen LogP contribution in [0, 0.1) is 0 Å². The highest BCUT2D eigenvalue weighted by Crippen LogP contribution is 2.24. The van der Waals surface area contributed by atoms with Crippen LogP contribution in [0.5, 0.6) is 0 Å². The number of carbonyl (C=O) groups excluding carboxylic acids is 1. The molecule has 4 nitrogen and oxygen atoms in total. The van der Waals surface area contributed by atoms with Crippen LogP contribution in [-0.2, 0) is 15.1 Å². The molecule has 0 saturated heterocycles. The molecule has 0 fully saturated rings. The van der Waals surface area contributed by atoms with Crippen molar-refractivity contribution in [3.63, 3.8) is 0 Å². The first-order valence-electron chi connectivity index (χ1n) is 5.17. The zero-order valence-corrected chi connectivity index (χ0v) is 10.3. The minimum Gasteiger partial charge on any atom is -0.383 e. The summed E-state index contributed by atoms with van der Waals surface area (Å²) < 4.78 is 4.96. The molecule has 1 amide bonds. The lowest BCUT2D eigenvalue weighted by molar-refractivity contribution is -0.126. The standard InChI is InChI=1S/C11H17NO3S/c1-3-15-7-10(13)12-8-11(2,14)9-5-4-6-16-9/h4-6,14H,3,7-8H2,1-2H3,(H,12,13). The first kappa shape index (κ1) is 13.2. The van der Waals surface area contributed by atoms with Gasteiger partial charge in [0.2, 0.25) is 5.91 Å². The summed E-state index contributed by atoms with van der Waals surface area (Å²) in [7, 11) is 0. The summed E-state index contributed by atoms with van der Waals surface area (Å²) in [6, 6.07) is 3.72. The van der Waals surface area contributed by atoms with Gasteiger partial charge in [0.1, 0.15) is 12.2 Å². The van der Waals surface area contributed by atoms with Gasteiger partial charge in [0.15, 0.2) is 0 Å². The lowest BCUT2D eigenvalue weighted by Gasteiger charge is -2.22. The van der Waals surface area contributed by atoms with E-state index in [9.17, 15) is 9.90 Å². The van der Waals surface area contributed by atoms with E-state index in [2.05, 4.69) is 5.32 Å².